The molecule has 3 saturated carbocycles. The van der Waals surface area contributed by atoms with Crippen LogP contribution in [-0.4, -0.2) is 0 Å². The average molecular weight is 304 g/mol. The molecule has 4 rings (SSSR count). The van der Waals surface area contributed by atoms with Gasteiger partial charge in [0.15, 0.2) is 0 Å². The average Bonchev–Trinajstić information content (AvgIpc) is 3.35. The van der Waals surface area contributed by atoms with Gasteiger partial charge in [0, 0.05) is 5.92 Å². The summed E-state index contributed by atoms with van der Waals surface area (Å²) in [6.07, 6.45) is 14.0. The molecule has 4 aliphatic carbocycles. The van der Waals surface area contributed by atoms with Gasteiger partial charge in [0.1, 0.15) is 0 Å². The van der Waals surface area contributed by atoms with Crippen molar-refractivity contribution in [3.8, 4) is 71.5 Å². The van der Waals surface area contributed by atoms with Gasteiger partial charge < -0.3 is 0 Å². The van der Waals surface area contributed by atoms with E-state index in [4.69, 9.17) is 6.42 Å². The molecule has 4 aliphatic rings. The fraction of sp³-hybridized carbons (Fsp3) is 0.417. The molecular weight excluding hydrogens is 288 g/mol. The Morgan fingerprint density at radius 3 is 2.00 bits per heavy atom. The Kier molecular flexibility index (Phi) is 3.86. The van der Waals surface area contributed by atoms with Crippen molar-refractivity contribution in [2.75, 3.05) is 0 Å². The first-order valence-corrected chi connectivity index (χ1v) is 8.53. The van der Waals surface area contributed by atoms with Crippen molar-refractivity contribution < 1.29 is 0 Å². The van der Waals surface area contributed by atoms with Gasteiger partial charge in [-0.15, -0.1) is 6.42 Å². The molecule has 0 heterocycles. The molecule has 0 heteroatoms. The van der Waals surface area contributed by atoms with Gasteiger partial charge >= 0.3 is 0 Å². The van der Waals surface area contributed by atoms with E-state index in [1.54, 1.807) is 0 Å². The third-order valence-electron chi connectivity index (χ3n) is 6.10. The number of allylic oxidation sites excluding steroid dienone is 2. The molecule has 0 spiro atoms. The van der Waals surface area contributed by atoms with Crippen LogP contribution in [-0.2, 0) is 0 Å². The molecule has 0 aromatic heterocycles. The van der Waals surface area contributed by atoms with Gasteiger partial charge in [0.2, 0.25) is 0 Å². The van der Waals surface area contributed by atoms with Crippen LogP contribution >= 0.6 is 0 Å². The monoisotopic (exact) mass is 304 g/mol. The Bertz CT molecular complexity index is 927. The van der Waals surface area contributed by atoms with Crippen molar-refractivity contribution in [2.24, 2.45) is 41.4 Å². The highest BCUT2D eigenvalue weighted by molar-refractivity contribution is 5.44. The summed E-state index contributed by atoms with van der Waals surface area (Å²) < 4.78 is 0. The maximum absolute atomic E-state index is 4.98. The van der Waals surface area contributed by atoms with Gasteiger partial charge in [0.05, 0.1) is 0 Å². The van der Waals surface area contributed by atoms with Crippen LogP contribution in [0.15, 0.2) is 12.2 Å². The number of rotatable bonds is 0. The first-order valence-electron chi connectivity index (χ1n) is 8.53. The summed E-state index contributed by atoms with van der Waals surface area (Å²) in [7, 11) is 0. The zero-order valence-electron chi connectivity index (χ0n) is 13.4. The summed E-state index contributed by atoms with van der Waals surface area (Å²) in [5, 5.41) is 0. The molecule has 0 radical (unpaired) electrons. The van der Waals surface area contributed by atoms with Gasteiger partial charge in [-0.2, -0.15) is 0 Å². The first-order chi connectivity index (χ1) is 11.9. The van der Waals surface area contributed by atoms with Gasteiger partial charge in [-0.1, -0.05) is 18.1 Å². The van der Waals surface area contributed by atoms with E-state index in [0.29, 0.717) is 5.92 Å². The van der Waals surface area contributed by atoms with Gasteiger partial charge in [0.25, 0.3) is 0 Å². The van der Waals surface area contributed by atoms with Crippen LogP contribution in [0, 0.1) is 113 Å². The Morgan fingerprint density at radius 2 is 1.29 bits per heavy atom. The Balaban J connectivity index is 1.36. The maximum atomic E-state index is 4.98. The highest BCUT2D eigenvalue weighted by Crippen LogP contribution is 2.66. The Labute approximate surface area is 144 Å². The summed E-state index contributed by atoms with van der Waals surface area (Å²) in [6.45, 7) is 0. The molecule has 0 amide bonds. The fourth-order valence-electron chi connectivity index (χ4n) is 5.57. The van der Waals surface area contributed by atoms with Crippen molar-refractivity contribution in [2.45, 2.75) is 19.3 Å². The second kappa shape index (κ2) is 6.31. The molecule has 0 nitrogen and oxygen atoms in total. The maximum Gasteiger partial charge on any atom is 0.0247 e. The zero-order valence-corrected chi connectivity index (χ0v) is 13.4. The lowest BCUT2D eigenvalue weighted by molar-refractivity contribution is 0.177. The van der Waals surface area contributed by atoms with Crippen LogP contribution in [0.4, 0.5) is 0 Å². The van der Waals surface area contributed by atoms with Crippen LogP contribution in [0.3, 0.4) is 0 Å². The second-order valence-electron chi connectivity index (χ2n) is 7.02. The van der Waals surface area contributed by atoms with Crippen molar-refractivity contribution in [1.29, 1.82) is 0 Å². The lowest BCUT2D eigenvalue weighted by Gasteiger charge is -2.34. The first kappa shape index (κ1) is 14.7. The second-order valence-corrected chi connectivity index (χ2v) is 7.02. The summed E-state index contributed by atoms with van der Waals surface area (Å²) in [5.41, 5.74) is 0. The van der Waals surface area contributed by atoms with Crippen molar-refractivity contribution in [1.82, 2.24) is 0 Å². The molecule has 0 aromatic rings. The topological polar surface area (TPSA) is 0 Å². The highest BCUT2D eigenvalue weighted by Gasteiger charge is 2.60. The van der Waals surface area contributed by atoms with Crippen LogP contribution < -0.4 is 0 Å². The van der Waals surface area contributed by atoms with Crippen molar-refractivity contribution in [3.63, 3.8) is 0 Å². The van der Waals surface area contributed by atoms with E-state index in [1.165, 1.54) is 19.3 Å². The molecule has 0 N–H and O–H groups in total. The van der Waals surface area contributed by atoms with E-state index in [0.717, 1.165) is 35.5 Å². The summed E-state index contributed by atoms with van der Waals surface area (Å²) in [6, 6.07) is 0. The van der Waals surface area contributed by atoms with E-state index >= 15 is 0 Å². The predicted molar refractivity (Wildman–Crippen MR) is 95.1 cm³/mol. The number of terminal acetylenes is 1. The third kappa shape index (κ3) is 2.49. The Hall–Kier alpha value is -2.90. The minimum Gasteiger partial charge on any atom is -0.106 e. The van der Waals surface area contributed by atoms with Gasteiger partial charge in [-0.3, -0.25) is 0 Å². The number of hydrogen-bond donors (Lipinski definition) is 0. The highest BCUT2D eigenvalue weighted by atomic mass is 14.6. The van der Waals surface area contributed by atoms with E-state index < -0.39 is 0 Å². The lowest BCUT2D eigenvalue weighted by atomic mass is 9.69. The summed E-state index contributed by atoms with van der Waals surface area (Å²) >= 11 is 0. The zero-order chi connectivity index (χ0) is 16.4. The van der Waals surface area contributed by atoms with E-state index in [1.807, 2.05) is 0 Å². The molecule has 4 bridgehead atoms. The molecule has 112 valence electrons. The van der Waals surface area contributed by atoms with Crippen molar-refractivity contribution in [3.05, 3.63) is 12.2 Å². The molecule has 7 unspecified atom stereocenters. The van der Waals surface area contributed by atoms with Gasteiger partial charge in [-0.25, -0.2) is 0 Å². The fourth-order valence-corrected chi connectivity index (χ4v) is 5.57. The lowest BCUT2D eigenvalue weighted by Crippen LogP contribution is -2.30. The number of fused-ring (bicyclic) bond motifs is 9. The van der Waals surface area contributed by atoms with Crippen molar-refractivity contribution >= 4 is 0 Å². The molecular formula is C24H16. The van der Waals surface area contributed by atoms with Crippen LogP contribution in [0.5, 0.6) is 0 Å². The van der Waals surface area contributed by atoms with E-state index in [9.17, 15) is 0 Å². The molecule has 0 aromatic carbocycles. The minimum atomic E-state index is 0.546. The third-order valence-corrected chi connectivity index (χ3v) is 6.10. The molecule has 7 atom stereocenters. The molecule has 0 aliphatic heterocycles. The minimum absolute atomic E-state index is 0.546. The number of hydrogen-bond acceptors (Lipinski definition) is 0. The summed E-state index contributed by atoms with van der Waals surface area (Å²) in [5.74, 6) is 35.3. The Morgan fingerprint density at radius 1 is 0.667 bits per heavy atom. The van der Waals surface area contributed by atoms with Gasteiger partial charge in [-0.05, 0) is 114 Å². The largest absolute Gasteiger partial charge is 0.106 e. The predicted octanol–water partition coefficient (Wildman–Crippen LogP) is 2.73. The summed E-state index contributed by atoms with van der Waals surface area (Å²) in [4.78, 5) is 0. The molecule has 0 saturated heterocycles. The van der Waals surface area contributed by atoms with Crippen LogP contribution in [0.25, 0.3) is 0 Å². The van der Waals surface area contributed by atoms with E-state index in [-0.39, 0.29) is 0 Å². The molecule has 24 heavy (non-hydrogen) atoms. The smallest absolute Gasteiger partial charge is 0.0247 e. The van der Waals surface area contributed by atoms with Crippen LogP contribution in [0.1, 0.15) is 19.3 Å². The molecule has 3 fully saturated rings. The van der Waals surface area contributed by atoms with Crippen LogP contribution in [0.2, 0.25) is 0 Å². The normalized spacial score (nSPS) is 37.7. The SMILES string of the molecule is C#CC#CC#CC#CC#CC#CC1CC2CC1C1C3C=CC(C3)C21. The quantitative estimate of drug-likeness (QED) is 0.367. The standard InChI is InChI=1S/C24H16/c1-2-3-4-5-6-7-8-9-10-11-12-18-15-21-17-22(18)24-20-14-13-19(16-20)23(21)24/h1,13-14,18-24H,15-17H2. The van der Waals surface area contributed by atoms with E-state index in [2.05, 4.69) is 77.3 Å².